The van der Waals surface area contributed by atoms with Crippen LogP contribution in [0.5, 0.6) is 0 Å². The van der Waals surface area contributed by atoms with Gasteiger partial charge in [0.2, 0.25) is 0 Å². The molecule has 0 heterocycles. The maximum Gasteiger partial charge on any atom is 0.0450 e. The number of hydrogen-bond acceptors (Lipinski definition) is 0. The third-order valence-electron chi connectivity index (χ3n) is 2.55. The highest BCUT2D eigenvalue weighted by Crippen LogP contribution is 2.32. The minimum absolute atomic E-state index is 0.203. The summed E-state index contributed by atoms with van der Waals surface area (Å²) in [5, 5.41) is 1.55. The monoisotopic (exact) mass is 328 g/mol. The Morgan fingerprint density at radius 1 is 1.00 bits per heavy atom. The van der Waals surface area contributed by atoms with E-state index in [9.17, 15) is 0 Å². The van der Waals surface area contributed by atoms with Gasteiger partial charge in [-0.15, -0.1) is 0 Å². The fourth-order valence-corrected chi connectivity index (χ4v) is 3.10. The molecule has 0 bridgehead atoms. The molecule has 0 saturated carbocycles. The van der Waals surface area contributed by atoms with Crippen molar-refractivity contribution in [2.45, 2.75) is 11.2 Å². The molecule has 1 unspecified atom stereocenters. The molecule has 0 amide bonds. The first kappa shape index (κ1) is 12.9. The van der Waals surface area contributed by atoms with E-state index in [0.717, 1.165) is 22.0 Å². The first-order valence-electron chi connectivity index (χ1n) is 5.30. The Morgan fingerprint density at radius 3 is 2.47 bits per heavy atom. The van der Waals surface area contributed by atoms with Gasteiger partial charge in [0.15, 0.2) is 0 Å². The maximum absolute atomic E-state index is 6.16. The molecule has 0 aliphatic heterocycles. The Hall–Kier alpha value is -0.500. The molecule has 88 valence electrons. The summed E-state index contributed by atoms with van der Waals surface area (Å²) in [6.07, 6.45) is 0.865. The SMILES string of the molecule is Clc1cccc(CC(Br)c2ccccc2Cl)c1. The summed E-state index contributed by atoms with van der Waals surface area (Å²) in [4.78, 5) is 0.203. The van der Waals surface area contributed by atoms with Crippen LogP contribution in [0.15, 0.2) is 48.5 Å². The van der Waals surface area contributed by atoms with Crippen LogP contribution < -0.4 is 0 Å². The van der Waals surface area contributed by atoms with Gasteiger partial charge in [-0.1, -0.05) is 69.5 Å². The van der Waals surface area contributed by atoms with E-state index in [1.54, 1.807) is 0 Å². The number of hydrogen-bond donors (Lipinski definition) is 0. The Balaban J connectivity index is 2.17. The smallest absolute Gasteiger partial charge is 0.0450 e. The zero-order valence-electron chi connectivity index (χ0n) is 9.04. The van der Waals surface area contributed by atoms with Crippen LogP contribution in [0.1, 0.15) is 16.0 Å². The van der Waals surface area contributed by atoms with Crippen molar-refractivity contribution in [3.63, 3.8) is 0 Å². The van der Waals surface area contributed by atoms with Crippen molar-refractivity contribution in [2.24, 2.45) is 0 Å². The molecule has 2 aromatic carbocycles. The van der Waals surface area contributed by atoms with E-state index < -0.39 is 0 Å². The molecule has 0 aromatic heterocycles. The first-order chi connectivity index (χ1) is 8.16. The molecule has 1 atom stereocenters. The number of benzene rings is 2. The lowest BCUT2D eigenvalue weighted by Crippen LogP contribution is -1.96. The predicted octanol–water partition coefficient (Wildman–Crippen LogP) is 5.67. The Morgan fingerprint density at radius 2 is 1.76 bits per heavy atom. The van der Waals surface area contributed by atoms with E-state index in [0.29, 0.717) is 0 Å². The second kappa shape index (κ2) is 5.90. The van der Waals surface area contributed by atoms with E-state index in [4.69, 9.17) is 23.2 Å². The number of alkyl halides is 1. The topological polar surface area (TPSA) is 0 Å². The van der Waals surface area contributed by atoms with Crippen molar-refractivity contribution < 1.29 is 0 Å². The molecular formula is C14H11BrCl2. The van der Waals surface area contributed by atoms with Crippen LogP contribution in [0.25, 0.3) is 0 Å². The standard InChI is InChI=1S/C14H11BrCl2/c15-13(12-6-1-2-7-14(12)17)9-10-4-3-5-11(16)8-10/h1-8,13H,9H2. The van der Waals surface area contributed by atoms with Crippen LogP contribution in [-0.2, 0) is 6.42 Å². The van der Waals surface area contributed by atoms with Gasteiger partial charge >= 0.3 is 0 Å². The maximum atomic E-state index is 6.16. The van der Waals surface area contributed by atoms with Gasteiger partial charge in [-0.2, -0.15) is 0 Å². The van der Waals surface area contributed by atoms with Crippen molar-refractivity contribution in [2.75, 3.05) is 0 Å². The van der Waals surface area contributed by atoms with E-state index in [1.165, 1.54) is 5.56 Å². The van der Waals surface area contributed by atoms with E-state index >= 15 is 0 Å². The highest BCUT2D eigenvalue weighted by Gasteiger charge is 2.11. The Bertz CT molecular complexity index is 511. The fraction of sp³-hybridized carbons (Fsp3) is 0.143. The summed E-state index contributed by atoms with van der Waals surface area (Å²) in [6.45, 7) is 0. The molecule has 0 aliphatic rings. The summed E-state index contributed by atoms with van der Waals surface area (Å²) >= 11 is 15.8. The van der Waals surface area contributed by atoms with Crippen molar-refractivity contribution >= 4 is 39.1 Å². The average molecular weight is 330 g/mol. The predicted molar refractivity (Wildman–Crippen MR) is 78.3 cm³/mol. The van der Waals surface area contributed by atoms with Crippen molar-refractivity contribution in [1.29, 1.82) is 0 Å². The second-order valence-corrected chi connectivity index (χ2v) is 5.77. The summed E-state index contributed by atoms with van der Waals surface area (Å²) in [5.41, 5.74) is 2.30. The molecule has 0 aliphatic carbocycles. The lowest BCUT2D eigenvalue weighted by molar-refractivity contribution is 0.949. The lowest BCUT2D eigenvalue weighted by atomic mass is 10.0. The molecule has 0 fully saturated rings. The summed E-state index contributed by atoms with van der Waals surface area (Å²) in [6, 6.07) is 15.8. The molecule has 0 nitrogen and oxygen atoms in total. The van der Waals surface area contributed by atoms with Gasteiger partial charge in [-0.3, -0.25) is 0 Å². The first-order valence-corrected chi connectivity index (χ1v) is 6.97. The van der Waals surface area contributed by atoms with Gasteiger partial charge in [0.1, 0.15) is 0 Å². The Labute approximate surface area is 120 Å². The largest absolute Gasteiger partial charge is 0.0843 e. The number of rotatable bonds is 3. The highest BCUT2D eigenvalue weighted by molar-refractivity contribution is 9.09. The van der Waals surface area contributed by atoms with Crippen LogP contribution >= 0.6 is 39.1 Å². The van der Waals surface area contributed by atoms with Crippen molar-refractivity contribution in [3.05, 3.63) is 69.7 Å². The minimum atomic E-state index is 0.203. The quantitative estimate of drug-likeness (QED) is 0.636. The minimum Gasteiger partial charge on any atom is -0.0843 e. The zero-order valence-corrected chi connectivity index (χ0v) is 12.1. The van der Waals surface area contributed by atoms with Gasteiger partial charge in [-0.25, -0.2) is 0 Å². The molecule has 17 heavy (non-hydrogen) atoms. The van der Waals surface area contributed by atoms with E-state index in [1.807, 2.05) is 42.5 Å². The molecule has 3 heteroatoms. The van der Waals surface area contributed by atoms with Crippen molar-refractivity contribution in [3.8, 4) is 0 Å². The molecule has 2 rings (SSSR count). The zero-order chi connectivity index (χ0) is 12.3. The third-order valence-corrected chi connectivity index (χ3v) is 3.94. The van der Waals surface area contributed by atoms with Gasteiger partial charge in [0.25, 0.3) is 0 Å². The number of halogens is 3. The van der Waals surface area contributed by atoms with Gasteiger partial charge < -0.3 is 0 Å². The second-order valence-electron chi connectivity index (χ2n) is 3.82. The van der Waals surface area contributed by atoms with Crippen LogP contribution in [0.3, 0.4) is 0 Å². The molecule has 2 aromatic rings. The fourth-order valence-electron chi connectivity index (χ4n) is 1.71. The summed E-state index contributed by atoms with van der Waals surface area (Å²) in [5.74, 6) is 0. The van der Waals surface area contributed by atoms with Crippen LogP contribution in [0.4, 0.5) is 0 Å². The van der Waals surface area contributed by atoms with Crippen LogP contribution in [0.2, 0.25) is 10.0 Å². The molecular weight excluding hydrogens is 319 g/mol. The van der Waals surface area contributed by atoms with Gasteiger partial charge in [0.05, 0.1) is 0 Å². The van der Waals surface area contributed by atoms with Gasteiger partial charge in [0, 0.05) is 14.9 Å². The van der Waals surface area contributed by atoms with E-state index in [-0.39, 0.29) is 4.83 Å². The Kier molecular flexibility index (Phi) is 4.49. The summed E-state index contributed by atoms with van der Waals surface area (Å²) in [7, 11) is 0. The normalized spacial score (nSPS) is 12.4. The van der Waals surface area contributed by atoms with E-state index in [2.05, 4.69) is 22.0 Å². The van der Waals surface area contributed by atoms with Crippen LogP contribution in [0, 0.1) is 0 Å². The summed E-state index contributed by atoms with van der Waals surface area (Å²) < 4.78 is 0. The molecule has 0 saturated heterocycles. The average Bonchev–Trinajstić information content (AvgIpc) is 2.29. The van der Waals surface area contributed by atoms with Crippen LogP contribution in [-0.4, -0.2) is 0 Å². The molecule has 0 N–H and O–H groups in total. The third kappa shape index (κ3) is 3.48. The highest BCUT2D eigenvalue weighted by atomic mass is 79.9. The lowest BCUT2D eigenvalue weighted by Gasteiger charge is -2.12. The van der Waals surface area contributed by atoms with Gasteiger partial charge in [-0.05, 0) is 35.7 Å². The van der Waals surface area contributed by atoms with Crippen molar-refractivity contribution in [1.82, 2.24) is 0 Å². The molecule has 0 radical (unpaired) electrons. The molecule has 0 spiro atoms.